The summed E-state index contributed by atoms with van der Waals surface area (Å²) in [5.41, 5.74) is 0.600. The molecule has 1 N–H and O–H groups in total. The van der Waals surface area contributed by atoms with Crippen LogP contribution in [0.15, 0.2) is 24.3 Å². The summed E-state index contributed by atoms with van der Waals surface area (Å²) in [6.45, 7) is 4.34. The number of nitrogens with one attached hydrogen (secondary N) is 1. The van der Waals surface area contributed by atoms with E-state index >= 15 is 0 Å². The van der Waals surface area contributed by atoms with Crippen molar-refractivity contribution in [2.45, 2.75) is 45.0 Å². The van der Waals surface area contributed by atoms with Crippen molar-refractivity contribution in [1.29, 1.82) is 0 Å². The molecular weight excluding hydrogens is 267 g/mol. The van der Waals surface area contributed by atoms with Gasteiger partial charge in [-0.3, -0.25) is 0 Å². The van der Waals surface area contributed by atoms with Crippen LogP contribution in [0.25, 0.3) is 0 Å². The Kier molecular flexibility index (Phi) is 4.58. The van der Waals surface area contributed by atoms with Crippen LogP contribution in [0.2, 0.25) is 0 Å². The minimum absolute atomic E-state index is 0.0657. The second-order valence-electron chi connectivity index (χ2n) is 5.43. The molecule has 2 rings (SSSR count). The largest absolute Gasteiger partial charge is 0.491 e. The van der Waals surface area contributed by atoms with E-state index in [0.29, 0.717) is 24.3 Å². The first-order valence-electron chi connectivity index (χ1n) is 6.95. The molecule has 1 aromatic rings. The molecule has 1 aliphatic heterocycles. The van der Waals surface area contributed by atoms with Gasteiger partial charge in [0.25, 0.3) is 0 Å². The second kappa shape index (κ2) is 6.04. The van der Waals surface area contributed by atoms with Crippen molar-refractivity contribution < 1.29 is 17.9 Å². The van der Waals surface area contributed by atoms with E-state index in [4.69, 9.17) is 4.74 Å². The van der Waals surface area contributed by atoms with Gasteiger partial charge in [0.15, 0.2) is 0 Å². The maximum Gasteiger partial charge on any atom is 0.393 e. The van der Waals surface area contributed by atoms with E-state index in [9.17, 15) is 13.2 Å². The zero-order chi connectivity index (χ0) is 14.8. The molecule has 0 aromatic heterocycles. The summed E-state index contributed by atoms with van der Waals surface area (Å²) in [5.74, 6) is -0.815. The Morgan fingerprint density at radius 1 is 1.25 bits per heavy atom. The minimum Gasteiger partial charge on any atom is -0.491 e. The highest BCUT2D eigenvalue weighted by molar-refractivity contribution is 5.37. The van der Waals surface area contributed by atoms with Gasteiger partial charge in [0.1, 0.15) is 5.75 Å². The molecule has 0 aliphatic carbocycles. The Hall–Kier alpha value is -1.23. The van der Waals surface area contributed by atoms with Crippen molar-refractivity contribution in [1.82, 2.24) is 5.32 Å². The van der Waals surface area contributed by atoms with Gasteiger partial charge in [-0.15, -0.1) is 0 Å². The van der Waals surface area contributed by atoms with Gasteiger partial charge in [0.2, 0.25) is 0 Å². The maximum absolute atomic E-state index is 13.2. The molecule has 1 aliphatic rings. The Labute approximate surface area is 117 Å². The maximum atomic E-state index is 13.2. The van der Waals surface area contributed by atoms with E-state index in [1.807, 2.05) is 13.8 Å². The van der Waals surface area contributed by atoms with Gasteiger partial charge in [-0.2, -0.15) is 13.2 Å². The van der Waals surface area contributed by atoms with Crippen molar-refractivity contribution in [2.24, 2.45) is 5.92 Å². The summed E-state index contributed by atoms with van der Waals surface area (Å²) in [6, 6.07) is 6.27. The van der Waals surface area contributed by atoms with Gasteiger partial charge in [0.05, 0.1) is 12.0 Å². The van der Waals surface area contributed by atoms with Gasteiger partial charge < -0.3 is 10.1 Å². The normalized spacial score (nSPS) is 23.9. The van der Waals surface area contributed by atoms with E-state index in [1.54, 1.807) is 24.3 Å². The van der Waals surface area contributed by atoms with E-state index in [1.165, 1.54) is 0 Å². The molecule has 2 nitrogen and oxygen atoms in total. The van der Waals surface area contributed by atoms with Crippen molar-refractivity contribution >= 4 is 0 Å². The molecule has 0 amide bonds. The number of ether oxygens (including phenoxy) is 1. The summed E-state index contributed by atoms with van der Waals surface area (Å²) in [4.78, 5) is 0. The molecule has 5 heteroatoms. The molecule has 112 valence electrons. The summed E-state index contributed by atoms with van der Waals surface area (Å²) >= 11 is 0. The number of piperidine rings is 1. The molecule has 20 heavy (non-hydrogen) atoms. The van der Waals surface area contributed by atoms with Crippen LogP contribution < -0.4 is 10.1 Å². The Bertz CT molecular complexity index is 445. The fourth-order valence-corrected chi connectivity index (χ4v) is 2.67. The molecule has 1 fully saturated rings. The van der Waals surface area contributed by atoms with Crippen molar-refractivity contribution in [2.75, 3.05) is 6.54 Å². The first-order valence-corrected chi connectivity index (χ1v) is 6.95. The third-order valence-corrected chi connectivity index (χ3v) is 3.50. The summed E-state index contributed by atoms with van der Waals surface area (Å²) in [6.07, 6.45) is -3.54. The van der Waals surface area contributed by atoms with Gasteiger partial charge in [0, 0.05) is 11.6 Å². The number of rotatable bonds is 3. The third kappa shape index (κ3) is 3.45. The Balaban J connectivity index is 2.32. The number of alkyl halides is 3. The standard InChI is InChI=1S/C15H20F3NO/c1-10(2)20-13-8-4-3-6-11(13)14-12(15(16,17)18)7-5-9-19-14/h3-4,6,8,10,12,14,19H,5,7,9H2,1-2H3. The molecular formula is C15H20F3NO. The van der Waals surface area contributed by atoms with E-state index < -0.39 is 18.1 Å². The zero-order valence-corrected chi connectivity index (χ0v) is 11.7. The van der Waals surface area contributed by atoms with Crippen LogP contribution in [0, 0.1) is 5.92 Å². The topological polar surface area (TPSA) is 21.3 Å². The summed E-state index contributed by atoms with van der Waals surface area (Å²) < 4.78 is 45.2. The Morgan fingerprint density at radius 3 is 2.60 bits per heavy atom. The van der Waals surface area contributed by atoms with Gasteiger partial charge in [-0.05, 0) is 39.3 Å². The number of para-hydroxylation sites is 1. The van der Waals surface area contributed by atoms with Gasteiger partial charge in [-0.1, -0.05) is 18.2 Å². The number of halogens is 3. The van der Waals surface area contributed by atoms with Crippen LogP contribution in [0.1, 0.15) is 38.3 Å². The van der Waals surface area contributed by atoms with Crippen LogP contribution >= 0.6 is 0 Å². The smallest absolute Gasteiger partial charge is 0.393 e. The first-order chi connectivity index (χ1) is 9.39. The monoisotopic (exact) mass is 287 g/mol. The molecule has 0 spiro atoms. The van der Waals surface area contributed by atoms with Crippen molar-refractivity contribution in [3.05, 3.63) is 29.8 Å². The van der Waals surface area contributed by atoms with Crippen molar-refractivity contribution in [3.8, 4) is 5.75 Å². The number of benzene rings is 1. The highest BCUT2D eigenvalue weighted by Gasteiger charge is 2.46. The average Bonchev–Trinajstić information content (AvgIpc) is 2.38. The van der Waals surface area contributed by atoms with E-state index in [0.717, 1.165) is 0 Å². The minimum atomic E-state index is -4.19. The van der Waals surface area contributed by atoms with Crippen LogP contribution in [0.3, 0.4) is 0 Å². The molecule has 2 unspecified atom stereocenters. The lowest BCUT2D eigenvalue weighted by Gasteiger charge is -2.35. The molecule has 1 saturated heterocycles. The summed E-state index contributed by atoms with van der Waals surface area (Å²) in [7, 11) is 0. The fourth-order valence-electron chi connectivity index (χ4n) is 2.67. The lowest BCUT2D eigenvalue weighted by Crippen LogP contribution is -2.41. The lowest BCUT2D eigenvalue weighted by molar-refractivity contribution is -0.189. The third-order valence-electron chi connectivity index (χ3n) is 3.50. The molecule has 0 saturated carbocycles. The average molecular weight is 287 g/mol. The quantitative estimate of drug-likeness (QED) is 0.904. The highest BCUT2D eigenvalue weighted by Crippen LogP contribution is 2.43. The zero-order valence-electron chi connectivity index (χ0n) is 11.7. The highest BCUT2D eigenvalue weighted by atomic mass is 19.4. The first kappa shape index (κ1) is 15.2. The molecule has 1 heterocycles. The SMILES string of the molecule is CC(C)Oc1ccccc1C1NCCCC1C(F)(F)F. The molecule has 1 aromatic carbocycles. The van der Waals surface area contributed by atoms with Crippen LogP contribution in [-0.4, -0.2) is 18.8 Å². The predicted molar refractivity (Wildman–Crippen MR) is 71.7 cm³/mol. The number of hydrogen-bond donors (Lipinski definition) is 1. The van der Waals surface area contributed by atoms with Crippen LogP contribution in [0.4, 0.5) is 13.2 Å². The molecule has 0 bridgehead atoms. The van der Waals surface area contributed by atoms with Crippen molar-refractivity contribution in [3.63, 3.8) is 0 Å². The van der Waals surface area contributed by atoms with Gasteiger partial charge in [-0.25, -0.2) is 0 Å². The van der Waals surface area contributed by atoms with Crippen LogP contribution in [0.5, 0.6) is 5.75 Å². The predicted octanol–water partition coefficient (Wildman–Crippen LogP) is 4.08. The van der Waals surface area contributed by atoms with Gasteiger partial charge >= 0.3 is 6.18 Å². The Morgan fingerprint density at radius 2 is 1.95 bits per heavy atom. The molecule has 0 radical (unpaired) electrons. The van der Waals surface area contributed by atoms with Crippen LogP contribution in [-0.2, 0) is 0 Å². The second-order valence-corrected chi connectivity index (χ2v) is 5.43. The fraction of sp³-hybridized carbons (Fsp3) is 0.600. The molecule has 2 atom stereocenters. The number of hydrogen-bond acceptors (Lipinski definition) is 2. The van der Waals surface area contributed by atoms with E-state index in [2.05, 4.69) is 5.32 Å². The van der Waals surface area contributed by atoms with E-state index in [-0.39, 0.29) is 12.5 Å². The summed E-state index contributed by atoms with van der Waals surface area (Å²) in [5, 5.41) is 3.01. The lowest BCUT2D eigenvalue weighted by atomic mass is 9.85.